The van der Waals surface area contributed by atoms with E-state index >= 15 is 0 Å². The number of aromatic nitrogens is 1. The number of esters is 1. The van der Waals surface area contributed by atoms with Gasteiger partial charge in [-0.15, -0.1) is 0 Å². The van der Waals surface area contributed by atoms with E-state index in [1.165, 1.54) is 0 Å². The highest BCUT2D eigenvalue weighted by Crippen LogP contribution is 2.27. The first-order chi connectivity index (χ1) is 8.77. The van der Waals surface area contributed by atoms with Crippen molar-refractivity contribution >= 4 is 5.97 Å². The largest absolute Gasteiger partial charge is 0.462 e. The van der Waals surface area contributed by atoms with Gasteiger partial charge < -0.3 is 9.72 Å². The Morgan fingerprint density at radius 2 is 2.11 bits per heavy atom. The first-order valence-electron chi connectivity index (χ1n) is 5.61. The number of carbonyl (C=O) groups excluding carboxylic acids is 1. The first-order valence-corrected chi connectivity index (χ1v) is 5.61. The molecule has 0 aliphatic carbocycles. The molecule has 4 heteroatoms. The van der Waals surface area contributed by atoms with Crippen LogP contribution in [0.4, 0.5) is 0 Å². The van der Waals surface area contributed by atoms with E-state index in [2.05, 4.69) is 11.1 Å². The first kappa shape index (κ1) is 11.9. The number of benzene rings is 1. The van der Waals surface area contributed by atoms with Crippen LogP contribution in [0.15, 0.2) is 36.7 Å². The van der Waals surface area contributed by atoms with Gasteiger partial charge in [0, 0.05) is 18.0 Å². The molecule has 1 aromatic carbocycles. The Morgan fingerprint density at radius 1 is 1.33 bits per heavy atom. The average molecular weight is 240 g/mol. The van der Waals surface area contributed by atoms with Gasteiger partial charge in [-0.3, -0.25) is 0 Å². The SMILES string of the molecule is CCOC(=O)c1ccccc1-c1c[nH]cc1C#N. The van der Waals surface area contributed by atoms with E-state index in [0.29, 0.717) is 28.9 Å². The fraction of sp³-hybridized carbons (Fsp3) is 0.143. The van der Waals surface area contributed by atoms with Gasteiger partial charge >= 0.3 is 5.97 Å². The monoisotopic (exact) mass is 240 g/mol. The zero-order valence-corrected chi connectivity index (χ0v) is 9.93. The number of hydrogen-bond donors (Lipinski definition) is 1. The lowest BCUT2D eigenvalue weighted by Gasteiger charge is -2.07. The Bertz CT molecular complexity index is 608. The van der Waals surface area contributed by atoms with Crippen molar-refractivity contribution in [3.63, 3.8) is 0 Å². The van der Waals surface area contributed by atoms with Crippen LogP contribution < -0.4 is 0 Å². The summed E-state index contributed by atoms with van der Waals surface area (Å²) >= 11 is 0. The van der Waals surface area contributed by atoms with Crippen LogP contribution in [0, 0.1) is 11.3 Å². The van der Waals surface area contributed by atoms with Crippen LogP contribution >= 0.6 is 0 Å². The molecule has 18 heavy (non-hydrogen) atoms. The van der Waals surface area contributed by atoms with Gasteiger partial charge in [0.2, 0.25) is 0 Å². The third-order valence-corrected chi connectivity index (χ3v) is 2.58. The van der Waals surface area contributed by atoms with E-state index in [1.54, 1.807) is 37.5 Å². The normalized spacial score (nSPS) is 9.78. The molecule has 2 aromatic rings. The van der Waals surface area contributed by atoms with Crippen molar-refractivity contribution in [3.8, 4) is 17.2 Å². The van der Waals surface area contributed by atoms with Crippen molar-refractivity contribution in [3.05, 3.63) is 47.8 Å². The van der Waals surface area contributed by atoms with Crippen LogP contribution in [0.1, 0.15) is 22.8 Å². The molecule has 1 aromatic heterocycles. The quantitative estimate of drug-likeness (QED) is 0.839. The summed E-state index contributed by atoms with van der Waals surface area (Å²) in [5.41, 5.74) is 2.39. The van der Waals surface area contributed by atoms with Gasteiger partial charge in [-0.05, 0) is 18.6 Å². The molecule has 0 amide bonds. The fourth-order valence-electron chi connectivity index (χ4n) is 1.78. The van der Waals surface area contributed by atoms with Gasteiger partial charge in [0.1, 0.15) is 6.07 Å². The molecule has 2 rings (SSSR count). The number of H-pyrrole nitrogens is 1. The van der Waals surface area contributed by atoms with Crippen molar-refractivity contribution in [2.75, 3.05) is 6.61 Å². The highest BCUT2D eigenvalue weighted by Gasteiger charge is 2.15. The molecular weight excluding hydrogens is 228 g/mol. The second kappa shape index (κ2) is 5.19. The Balaban J connectivity index is 2.52. The van der Waals surface area contributed by atoms with E-state index < -0.39 is 0 Å². The zero-order valence-electron chi connectivity index (χ0n) is 9.93. The van der Waals surface area contributed by atoms with Gasteiger partial charge in [-0.1, -0.05) is 18.2 Å². The average Bonchev–Trinajstić information content (AvgIpc) is 2.87. The molecule has 0 fully saturated rings. The van der Waals surface area contributed by atoms with Crippen molar-refractivity contribution in [1.82, 2.24) is 4.98 Å². The molecule has 0 radical (unpaired) electrons. The van der Waals surface area contributed by atoms with Crippen molar-refractivity contribution in [2.45, 2.75) is 6.92 Å². The summed E-state index contributed by atoms with van der Waals surface area (Å²) in [7, 11) is 0. The number of hydrogen-bond acceptors (Lipinski definition) is 3. The summed E-state index contributed by atoms with van der Waals surface area (Å²) < 4.78 is 5.01. The number of rotatable bonds is 3. The molecule has 0 atom stereocenters. The maximum atomic E-state index is 11.8. The molecule has 4 nitrogen and oxygen atoms in total. The molecule has 90 valence electrons. The minimum absolute atomic E-state index is 0.325. The predicted octanol–water partition coefficient (Wildman–Crippen LogP) is 2.73. The zero-order chi connectivity index (χ0) is 13.0. The van der Waals surface area contributed by atoms with E-state index in [-0.39, 0.29) is 5.97 Å². The molecule has 0 aliphatic rings. The van der Waals surface area contributed by atoms with Crippen LogP contribution in [0.5, 0.6) is 0 Å². The van der Waals surface area contributed by atoms with E-state index in [9.17, 15) is 4.79 Å². The fourth-order valence-corrected chi connectivity index (χ4v) is 1.78. The van der Waals surface area contributed by atoms with Crippen LogP contribution in [0.3, 0.4) is 0 Å². The van der Waals surface area contributed by atoms with E-state index in [1.807, 2.05) is 6.07 Å². The molecule has 1 heterocycles. The van der Waals surface area contributed by atoms with Crippen LogP contribution in [0.2, 0.25) is 0 Å². The van der Waals surface area contributed by atoms with E-state index in [0.717, 1.165) is 0 Å². The number of nitriles is 1. The summed E-state index contributed by atoms with van der Waals surface area (Å²) in [6, 6.07) is 9.18. The summed E-state index contributed by atoms with van der Waals surface area (Å²) in [6.07, 6.45) is 3.31. The number of nitrogens with one attached hydrogen (secondary N) is 1. The van der Waals surface area contributed by atoms with Gasteiger partial charge in [-0.2, -0.15) is 5.26 Å². The standard InChI is InChI=1S/C14H12N2O2/c1-2-18-14(17)12-6-4-3-5-11(12)13-9-16-8-10(13)7-15/h3-6,8-9,16H,2H2,1H3. The maximum Gasteiger partial charge on any atom is 0.338 e. The van der Waals surface area contributed by atoms with Gasteiger partial charge in [0.15, 0.2) is 0 Å². The summed E-state index contributed by atoms with van der Waals surface area (Å²) in [5, 5.41) is 9.02. The molecular formula is C14H12N2O2. The van der Waals surface area contributed by atoms with Crippen molar-refractivity contribution < 1.29 is 9.53 Å². The molecule has 0 saturated heterocycles. The number of aromatic amines is 1. The molecule has 0 bridgehead atoms. The minimum Gasteiger partial charge on any atom is -0.462 e. The minimum atomic E-state index is -0.377. The van der Waals surface area contributed by atoms with Crippen molar-refractivity contribution in [1.29, 1.82) is 5.26 Å². The molecule has 0 spiro atoms. The highest BCUT2D eigenvalue weighted by molar-refractivity contribution is 5.97. The number of nitrogens with zero attached hydrogens (tertiary/aromatic N) is 1. The Kier molecular flexibility index (Phi) is 3.44. The number of ether oxygens (including phenoxy) is 1. The Morgan fingerprint density at radius 3 is 2.83 bits per heavy atom. The molecule has 0 aliphatic heterocycles. The predicted molar refractivity (Wildman–Crippen MR) is 66.9 cm³/mol. The molecule has 0 unspecified atom stereocenters. The van der Waals surface area contributed by atoms with E-state index in [4.69, 9.17) is 10.00 Å². The highest BCUT2D eigenvalue weighted by atomic mass is 16.5. The van der Waals surface area contributed by atoms with Gasteiger partial charge in [0.05, 0.1) is 17.7 Å². The smallest absolute Gasteiger partial charge is 0.338 e. The Labute approximate surface area is 105 Å². The topological polar surface area (TPSA) is 65.9 Å². The second-order valence-electron chi connectivity index (χ2n) is 3.66. The molecule has 0 saturated carbocycles. The van der Waals surface area contributed by atoms with Crippen LogP contribution in [-0.2, 0) is 4.74 Å². The lowest BCUT2D eigenvalue weighted by Crippen LogP contribution is -2.06. The second-order valence-corrected chi connectivity index (χ2v) is 3.66. The summed E-state index contributed by atoms with van der Waals surface area (Å²) in [5.74, 6) is -0.377. The third-order valence-electron chi connectivity index (χ3n) is 2.58. The van der Waals surface area contributed by atoms with Crippen molar-refractivity contribution in [2.24, 2.45) is 0 Å². The maximum absolute atomic E-state index is 11.8. The third kappa shape index (κ3) is 2.11. The van der Waals surface area contributed by atoms with Gasteiger partial charge in [0.25, 0.3) is 0 Å². The lowest BCUT2D eigenvalue weighted by molar-refractivity contribution is 0.0527. The molecule has 1 N–H and O–H groups in total. The van der Waals surface area contributed by atoms with Gasteiger partial charge in [-0.25, -0.2) is 4.79 Å². The lowest BCUT2D eigenvalue weighted by atomic mass is 9.99. The Hall–Kier alpha value is -2.54. The van der Waals surface area contributed by atoms with Crippen LogP contribution in [-0.4, -0.2) is 17.6 Å². The number of carbonyl (C=O) groups is 1. The summed E-state index contributed by atoms with van der Waals surface area (Å²) in [4.78, 5) is 14.7. The summed E-state index contributed by atoms with van der Waals surface area (Å²) in [6.45, 7) is 2.09. The van der Waals surface area contributed by atoms with Crippen LogP contribution in [0.25, 0.3) is 11.1 Å².